The Kier molecular flexibility index (Phi) is 6.29. The number of nitrogens with zero attached hydrogens (tertiary/aromatic N) is 3. The van der Waals surface area contributed by atoms with Gasteiger partial charge in [-0.2, -0.15) is 5.26 Å². The molecule has 5 nitrogen and oxygen atoms in total. The fraction of sp³-hybridized carbons (Fsp3) is 0.214. The molecule has 34 heavy (non-hydrogen) atoms. The van der Waals surface area contributed by atoms with Crippen LogP contribution in [0.5, 0.6) is 5.75 Å². The molecule has 3 aromatic carbocycles. The van der Waals surface area contributed by atoms with Crippen LogP contribution in [0.3, 0.4) is 0 Å². The molecule has 0 spiro atoms. The third-order valence-electron chi connectivity index (χ3n) is 6.20. The largest absolute Gasteiger partial charge is 0.489 e. The minimum atomic E-state index is -0.262. The van der Waals surface area contributed by atoms with Crippen molar-refractivity contribution in [2.24, 2.45) is 0 Å². The first-order chi connectivity index (χ1) is 16.6. The number of rotatable bonds is 5. The van der Waals surface area contributed by atoms with Gasteiger partial charge in [-0.15, -0.1) is 0 Å². The summed E-state index contributed by atoms with van der Waals surface area (Å²) >= 11 is 1.56. The molecule has 1 amide bonds. The van der Waals surface area contributed by atoms with Crippen LogP contribution in [0, 0.1) is 18.3 Å². The number of ether oxygens (including phenoxy) is 1. The predicted molar refractivity (Wildman–Crippen MR) is 135 cm³/mol. The summed E-state index contributed by atoms with van der Waals surface area (Å²) in [7, 11) is 0. The third kappa shape index (κ3) is 4.52. The van der Waals surface area contributed by atoms with Crippen LogP contribution in [0.4, 0.5) is 5.69 Å². The molecule has 2 aliphatic heterocycles. The summed E-state index contributed by atoms with van der Waals surface area (Å²) in [6.45, 7) is 2.99. The van der Waals surface area contributed by atoms with Crippen molar-refractivity contribution in [2.75, 3.05) is 17.4 Å². The molecule has 3 aromatic rings. The summed E-state index contributed by atoms with van der Waals surface area (Å²) in [6.07, 6.45) is 0.275. The number of nitriles is 1. The van der Waals surface area contributed by atoms with Gasteiger partial charge < -0.3 is 9.64 Å². The smallest absolute Gasteiger partial charge is 0.229 e. The van der Waals surface area contributed by atoms with E-state index in [1.165, 1.54) is 5.56 Å². The highest BCUT2D eigenvalue weighted by Crippen LogP contribution is 2.43. The van der Waals surface area contributed by atoms with E-state index in [2.05, 4.69) is 42.2 Å². The van der Waals surface area contributed by atoms with Crippen LogP contribution in [0.15, 0.2) is 89.5 Å². The van der Waals surface area contributed by atoms with Gasteiger partial charge in [0.1, 0.15) is 12.4 Å². The van der Waals surface area contributed by atoms with Crippen LogP contribution in [0.2, 0.25) is 0 Å². The Bertz CT molecular complexity index is 1260. The quantitative estimate of drug-likeness (QED) is 0.475. The zero-order chi connectivity index (χ0) is 23.5. The van der Waals surface area contributed by atoms with Crippen LogP contribution in [-0.2, 0) is 11.4 Å². The Balaban J connectivity index is 1.37. The lowest BCUT2D eigenvalue weighted by Crippen LogP contribution is -2.47. The SMILES string of the molecule is Cc1ccc(N2CSC3=C(C#N)[C@H](c4cccc(OCc5ccccc5)c4)CC(=O)N3C2)cc1. The van der Waals surface area contributed by atoms with Crippen LogP contribution in [-0.4, -0.2) is 23.4 Å². The first-order valence-corrected chi connectivity index (χ1v) is 12.3. The summed E-state index contributed by atoms with van der Waals surface area (Å²) < 4.78 is 5.99. The molecule has 0 saturated carbocycles. The Hall–Kier alpha value is -3.69. The first-order valence-electron chi connectivity index (χ1n) is 11.3. The number of fused-ring (bicyclic) bond motifs is 1. The molecule has 1 atom stereocenters. The molecule has 0 aliphatic carbocycles. The van der Waals surface area contributed by atoms with E-state index in [-0.39, 0.29) is 18.2 Å². The van der Waals surface area contributed by atoms with Crippen LogP contribution < -0.4 is 9.64 Å². The summed E-state index contributed by atoms with van der Waals surface area (Å²) in [5.41, 5.74) is 4.96. The highest BCUT2D eigenvalue weighted by Gasteiger charge is 2.38. The molecular weight excluding hydrogens is 442 g/mol. The number of hydrogen-bond donors (Lipinski definition) is 0. The van der Waals surface area contributed by atoms with Gasteiger partial charge in [0, 0.05) is 18.0 Å². The van der Waals surface area contributed by atoms with Crippen molar-refractivity contribution >= 4 is 23.4 Å². The molecule has 2 heterocycles. The van der Waals surface area contributed by atoms with Gasteiger partial charge in [0.05, 0.1) is 29.2 Å². The van der Waals surface area contributed by atoms with Crippen LogP contribution in [0.25, 0.3) is 0 Å². The Morgan fingerprint density at radius 2 is 1.85 bits per heavy atom. The van der Waals surface area contributed by atoms with Crippen molar-refractivity contribution < 1.29 is 9.53 Å². The van der Waals surface area contributed by atoms with Crippen molar-refractivity contribution in [1.82, 2.24) is 4.90 Å². The standard InChI is InChI=1S/C28H25N3O2S/c1-20-10-12-23(13-11-20)30-18-31-27(32)15-25(26(16-29)28(31)34-19-30)22-8-5-9-24(14-22)33-17-21-6-3-2-4-7-21/h2-14,25H,15,17-19H2,1H3/t25-/m0/s1. The van der Waals surface area contributed by atoms with Crippen molar-refractivity contribution in [3.05, 3.63) is 106 Å². The zero-order valence-corrected chi connectivity index (χ0v) is 19.8. The average molecular weight is 468 g/mol. The van der Waals surface area contributed by atoms with E-state index in [1.807, 2.05) is 54.6 Å². The molecule has 1 fully saturated rings. The maximum Gasteiger partial charge on any atom is 0.229 e. The molecular formula is C28H25N3O2S. The van der Waals surface area contributed by atoms with Crippen LogP contribution >= 0.6 is 11.8 Å². The van der Waals surface area contributed by atoms with Crippen molar-refractivity contribution in [3.63, 3.8) is 0 Å². The van der Waals surface area contributed by atoms with E-state index in [4.69, 9.17) is 4.74 Å². The summed E-state index contributed by atoms with van der Waals surface area (Å²) in [5.74, 6) is 1.21. The van der Waals surface area contributed by atoms with Gasteiger partial charge in [-0.05, 0) is 42.3 Å². The number of benzene rings is 3. The van der Waals surface area contributed by atoms with Crippen molar-refractivity contribution in [3.8, 4) is 11.8 Å². The molecule has 0 bridgehead atoms. The number of carbonyl (C=O) groups is 1. The van der Waals surface area contributed by atoms with Crippen LogP contribution in [0.1, 0.15) is 29.0 Å². The number of thioether (sulfide) groups is 1. The van der Waals surface area contributed by atoms with E-state index in [1.54, 1.807) is 16.7 Å². The maximum absolute atomic E-state index is 13.2. The fourth-order valence-electron chi connectivity index (χ4n) is 4.33. The highest BCUT2D eigenvalue weighted by atomic mass is 32.2. The fourth-order valence-corrected chi connectivity index (χ4v) is 5.50. The highest BCUT2D eigenvalue weighted by molar-refractivity contribution is 8.03. The van der Waals surface area contributed by atoms with E-state index in [9.17, 15) is 10.1 Å². The van der Waals surface area contributed by atoms with Gasteiger partial charge in [0.15, 0.2) is 0 Å². The van der Waals surface area contributed by atoms with E-state index < -0.39 is 0 Å². The van der Waals surface area contributed by atoms with Gasteiger partial charge >= 0.3 is 0 Å². The second kappa shape index (κ2) is 9.66. The van der Waals surface area contributed by atoms with E-state index in [0.29, 0.717) is 24.7 Å². The second-order valence-electron chi connectivity index (χ2n) is 8.55. The topological polar surface area (TPSA) is 56.6 Å². The van der Waals surface area contributed by atoms with Gasteiger partial charge in [-0.3, -0.25) is 9.69 Å². The number of aryl methyl sites for hydroxylation is 1. The van der Waals surface area contributed by atoms with E-state index in [0.717, 1.165) is 27.6 Å². The molecule has 6 heteroatoms. The second-order valence-corrected chi connectivity index (χ2v) is 9.48. The number of allylic oxidation sites excluding steroid dienone is 1. The molecule has 0 radical (unpaired) electrons. The predicted octanol–water partition coefficient (Wildman–Crippen LogP) is 5.79. The summed E-state index contributed by atoms with van der Waals surface area (Å²) in [6, 6.07) is 28.5. The van der Waals surface area contributed by atoms with Crippen molar-refractivity contribution in [2.45, 2.75) is 25.9 Å². The monoisotopic (exact) mass is 467 g/mol. The number of anilines is 1. The molecule has 170 valence electrons. The van der Waals surface area contributed by atoms with Gasteiger partial charge in [-0.25, -0.2) is 0 Å². The lowest BCUT2D eigenvalue weighted by atomic mass is 9.86. The first kappa shape index (κ1) is 22.1. The van der Waals surface area contributed by atoms with Crippen molar-refractivity contribution in [1.29, 1.82) is 5.26 Å². The van der Waals surface area contributed by atoms with Gasteiger partial charge in [0.2, 0.25) is 5.91 Å². The minimum Gasteiger partial charge on any atom is -0.489 e. The molecule has 0 N–H and O–H groups in total. The Labute approximate surface area is 204 Å². The minimum absolute atomic E-state index is 0.0407. The normalized spacial score (nSPS) is 17.9. The van der Waals surface area contributed by atoms with Gasteiger partial charge in [-0.1, -0.05) is 71.9 Å². The summed E-state index contributed by atoms with van der Waals surface area (Å²) in [5, 5.41) is 10.9. The number of amides is 1. The molecule has 1 saturated heterocycles. The zero-order valence-electron chi connectivity index (χ0n) is 19.0. The number of hydrogen-bond acceptors (Lipinski definition) is 5. The molecule has 0 aromatic heterocycles. The average Bonchev–Trinajstić information content (AvgIpc) is 2.88. The number of carbonyl (C=O) groups excluding carboxylic acids is 1. The Morgan fingerprint density at radius 1 is 1.06 bits per heavy atom. The maximum atomic E-state index is 13.2. The third-order valence-corrected chi connectivity index (χ3v) is 7.36. The molecule has 5 rings (SSSR count). The lowest BCUT2D eigenvalue weighted by molar-refractivity contribution is -0.129. The summed E-state index contributed by atoms with van der Waals surface area (Å²) in [4.78, 5) is 17.1. The molecule has 0 unspecified atom stereocenters. The Morgan fingerprint density at radius 3 is 2.62 bits per heavy atom. The molecule has 2 aliphatic rings. The van der Waals surface area contributed by atoms with E-state index >= 15 is 0 Å². The van der Waals surface area contributed by atoms with Gasteiger partial charge in [0.25, 0.3) is 0 Å². The lowest BCUT2D eigenvalue weighted by Gasteiger charge is -2.42.